The average Bonchev–Trinajstić information content (AvgIpc) is 3.73. The van der Waals surface area contributed by atoms with Crippen molar-refractivity contribution in [3.63, 3.8) is 0 Å². The van der Waals surface area contributed by atoms with Crippen LogP contribution in [0.1, 0.15) is 42.0 Å². The molecule has 0 N–H and O–H groups in total. The van der Waals surface area contributed by atoms with Crippen LogP contribution in [0.15, 0.2) is 47.6 Å². The minimum atomic E-state index is -0.267. The maximum Gasteiger partial charge on any atom is 0.262 e. The van der Waals surface area contributed by atoms with Crippen molar-refractivity contribution in [3.05, 3.63) is 59.2 Å². The lowest BCUT2D eigenvalue weighted by molar-refractivity contribution is -0.142. The molecule has 9 nitrogen and oxygen atoms in total. The molecular weight excluding hydrogens is 496 g/mol. The van der Waals surface area contributed by atoms with Crippen molar-refractivity contribution < 1.29 is 23.8 Å². The zero-order valence-corrected chi connectivity index (χ0v) is 23.1. The summed E-state index contributed by atoms with van der Waals surface area (Å²) in [5.74, 6) is 1.26. The van der Waals surface area contributed by atoms with E-state index in [-0.39, 0.29) is 30.3 Å². The Morgan fingerprint density at radius 2 is 1.79 bits per heavy atom. The number of hydrogen-bond donors (Lipinski definition) is 0. The Morgan fingerprint density at radius 1 is 1.05 bits per heavy atom. The van der Waals surface area contributed by atoms with Gasteiger partial charge >= 0.3 is 0 Å². The van der Waals surface area contributed by atoms with E-state index in [1.807, 2.05) is 25.1 Å². The number of ether oxygens (including phenoxy) is 3. The van der Waals surface area contributed by atoms with Crippen LogP contribution >= 0.6 is 0 Å². The van der Waals surface area contributed by atoms with E-state index in [1.165, 1.54) is 0 Å². The SMILES string of the molecule is COc1ccc(C2=NN(C(=O)CN(CCN3CCOCC3)C(=O)C3CC3)C(c3ccc(C)cc3)C2)c(OC)c1. The lowest BCUT2D eigenvalue weighted by atomic mass is 9.97. The molecule has 0 spiro atoms. The topological polar surface area (TPSA) is 83.9 Å². The van der Waals surface area contributed by atoms with Crippen molar-refractivity contribution >= 4 is 17.5 Å². The number of morpholine rings is 1. The quantitative estimate of drug-likeness (QED) is 0.465. The number of benzene rings is 2. The van der Waals surface area contributed by atoms with E-state index in [0.29, 0.717) is 37.7 Å². The molecule has 2 aromatic rings. The first-order valence-corrected chi connectivity index (χ1v) is 13.7. The lowest BCUT2D eigenvalue weighted by Crippen LogP contribution is -2.47. The van der Waals surface area contributed by atoms with Crippen LogP contribution in [0.25, 0.3) is 0 Å². The number of amides is 2. The van der Waals surface area contributed by atoms with E-state index in [0.717, 1.165) is 54.9 Å². The third-order valence-corrected chi connectivity index (χ3v) is 7.70. The van der Waals surface area contributed by atoms with E-state index in [4.69, 9.17) is 19.3 Å². The average molecular weight is 535 g/mol. The Bertz CT molecular complexity index is 1200. The second-order valence-electron chi connectivity index (χ2n) is 10.5. The van der Waals surface area contributed by atoms with Gasteiger partial charge < -0.3 is 19.1 Å². The molecule has 2 aromatic carbocycles. The third kappa shape index (κ3) is 6.42. The van der Waals surface area contributed by atoms with Crippen molar-refractivity contribution in [2.45, 2.75) is 32.2 Å². The van der Waals surface area contributed by atoms with E-state index in [2.05, 4.69) is 29.2 Å². The Hall–Kier alpha value is -3.43. The van der Waals surface area contributed by atoms with Gasteiger partial charge in [0.15, 0.2) is 0 Å². The molecule has 2 fully saturated rings. The minimum Gasteiger partial charge on any atom is -0.497 e. The van der Waals surface area contributed by atoms with Gasteiger partial charge in [0, 0.05) is 50.1 Å². The van der Waals surface area contributed by atoms with Crippen LogP contribution < -0.4 is 9.47 Å². The van der Waals surface area contributed by atoms with E-state index in [9.17, 15) is 9.59 Å². The molecule has 0 bridgehead atoms. The molecule has 1 saturated heterocycles. The molecule has 5 rings (SSSR count). The molecule has 1 saturated carbocycles. The summed E-state index contributed by atoms with van der Waals surface area (Å²) in [4.78, 5) is 31.1. The number of rotatable bonds is 10. The Balaban J connectivity index is 1.40. The Kier molecular flexibility index (Phi) is 8.47. The fourth-order valence-corrected chi connectivity index (χ4v) is 5.17. The summed E-state index contributed by atoms with van der Waals surface area (Å²) >= 11 is 0. The number of hydrazone groups is 1. The normalized spacial score (nSPS) is 19.5. The van der Waals surface area contributed by atoms with E-state index in [1.54, 1.807) is 24.1 Å². The summed E-state index contributed by atoms with van der Waals surface area (Å²) in [6.45, 7) is 6.40. The predicted octanol–water partition coefficient (Wildman–Crippen LogP) is 3.26. The summed E-state index contributed by atoms with van der Waals surface area (Å²) in [7, 11) is 3.23. The highest BCUT2D eigenvalue weighted by atomic mass is 16.5. The zero-order chi connectivity index (χ0) is 27.4. The standard InChI is InChI=1S/C30H38N4O5/c1-21-4-6-22(7-5-21)27-19-26(25-11-10-24(37-2)18-28(25)38-3)31-34(27)29(35)20-33(30(36)23-8-9-23)13-12-32-14-16-39-17-15-32/h4-7,10-11,18,23,27H,8-9,12-17,19-20H2,1-3H3. The van der Waals surface area contributed by atoms with Crippen molar-refractivity contribution in [1.82, 2.24) is 14.8 Å². The largest absolute Gasteiger partial charge is 0.497 e. The fourth-order valence-electron chi connectivity index (χ4n) is 5.17. The van der Waals surface area contributed by atoms with Crippen molar-refractivity contribution in [2.75, 3.05) is 60.2 Å². The number of nitrogens with zero attached hydrogens (tertiary/aromatic N) is 4. The van der Waals surface area contributed by atoms with Gasteiger partial charge in [-0.2, -0.15) is 5.10 Å². The van der Waals surface area contributed by atoms with Crippen LogP contribution in [0, 0.1) is 12.8 Å². The first kappa shape index (κ1) is 27.1. The molecule has 2 heterocycles. The Morgan fingerprint density at radius 3 is 2.46 bits per heavy atom. The predicted molar refractivity (Wildman–Crippen MR) is 148 cm³/mol. The molecule has 2 aliphatic heterocycles. The third-order valence-electron chi connectivity index (χ3n) is 7.70. The van der Waals surface area contributed by atoms with Gasteiger partial charge in [-0.3, -0.25) is 14.5 Å². The Labute approximate surface area is 230 Å². The van der Waals surface area contributed by atoms with Crippen LogP contribution in [0.2, 0.25) is 0 Å². The molecule has 1 aliphatic carbocycles. The molecule has 0 aromatic heterocycles. The van der Waals surface area contributed by atoms with E-state index >= 15 is 0 Å². The summed E-state index contributed by atoms with van der Waals surface area (Å²) in [6, 6.07) is 13.5. The van der Waals surface area contributed by atoms with Crippen molar-refractivity contribution in [2.24, 2.45) is 11.0 Å². The minimum absolute atomic E-state index is 0.0125. The molecule has 1 atom stereocenters. The summed E-state index contributed by atoms with van der Waals surface area (Å²) in [6.07, 6.45) is 2.34. The maximum absolute atomic E-state index is 13.9. The number of methoxy groups -OCH3 is 2. The van der Waals surface area contributed by atoms with E-state index < -0.39 is 0 Å². The first-order chi connectivity index (χ1) is 19.0. The summed E-state index contributed by atoms with van der Waals surface area (Å²) < 4.78 is 16.5. The summed E-state index contributed by atoms with van der Waals surface area (Å²) in [5.41, 5.74) is 3.75. The van der Waals surface area contributed by atoms with Gasteiger partial charge in [-0.25, -0.2) is 5.01 Å². The highest BCUT2D eigenvalue weighted by Gasteiger charge is 2.38. The van der Waals surface area contributed by atoms with Gasteiger partial charge in [0.25, 0.3) is 5.91 Å². The lowest BCUT2D eigenvalue weighted by Gasteiger charge is -2.31. The molecule has 9 heteroatoms. The van der Waals surface area contributed by atoms with Crippen LogP contribution in [0.5, 0.6) is 11.5 Å². The molecule has 1 unspecified atom stereocenters. The van der Waals surface area contributed by atoms with Gasteiger partial charge in [-0.15, -0.1) is 0 Å². The number of carbonyl (C=O) groups excluding carboxylic acids is 2. The van der Waals surface area contributed by atoms with Gasteiger partial charge in [-0.05, 0) is 37.5 Å². The van der Waals surface area contributed by atoms with Crippen molar-refractivity contribution in [1.29, 1.82) is 0 Å². The van der Waals surface area contributed by atoms with Gasteiger partial charge in [-0.1, -0.05) is 29.8 Å². The molecule has 39 heavy (non-hydrogen) atoms. The molecule has 208 valence electrons. The van der Waals surface area contributed by atoms with Crippen LogP contribution in [0.4, 0.5) is 0 Å². The van der Waals surface area contributed by atoms with Gasteiger partial charge in [0.1, 0.15) is 18.0 Å². The van der Waals surface area contributed by atoms with Crippen LogP contribution in [-0.4, -0.2) is 92.5 Å². The molecule has 2 amide bonds. The second-order valence-corrected chi connectivity index (χ2v) is 10.5. The van der Waals surface area contributed by atoms with Crippen molar-refractivity contribution in [3.8, 4) is 11.5 Å². The highest BCUT2D eigenvalue weighted by Crippen LogP contribution is 2.37. The monoisotopic (exact) mass is 534 g/mol. The number of aryl methyl sites for hydroxylation is 1. The van der Waals surface area contributed by atoms with Crippen LogP contribution in [-0.2, 0) is 14.3 Å². The van der Waals surface area contributed by atoms with Gasteiger partial charge in [0.2, 0.25) is 5.91 Å². The zero-order valence-electron chi connectivity index (χ0n) is 23.1. The van der Waals surface area contributed by atoms with Crippen LogP contribution in [0.3, 0.4) is 0 Å². The highest BCUT2D eigenvalue weighted by molar-refractivity contribution is 6.05. The second kappa shape index (κ2) is 12.2. The summed E-state index contributed by atoms with van der Waals surface area (Å²) in [5, 5.41) is 6.42. The first-order valence-electron chi connectivity index (χ1n) is 13.7. The fraction of sp³-hybridized carbons (Fsp3) is 0.500. The maximum atomic E-state index is 13.9. The molecule has 3 aliphatic rings. The number of hydrogen-bond acceptors (Lipinski definition) is 7. The van der Waals surface area contributed by atoms with Gasteiger partial charge in [0.05, 0.1) is 39.2 Å². The molecular formula is C30H38N4O5. The smallest absolute Gasteiger partial charge is 0.262 e. The number of carbonyl (C=O) groups is 2. The molecule has 0 radical (unpaired) electrons.